The van der Waals surface area contributed by atoms with Gasteiger partial charge in [-0.05, 0) is 62.1 Å². The topological polar surface area (TPSA) is 66.9 Å². The van der Waals surface area contributed by atoms with Gasteiger partial charge in [-0.3, -0.25) is 9.59 Å². The molecule has 0 fully saturated rings. The van der Waals surface area contributed by atoms with E-state index in [0.29, 0.717) is 10.5 Å². The smallest absolute Gasteiger partial charge is 0.339 e. The van der Waals surface area contributed by atoms with E-state index in [1.807, 2.05) is 67.3 Å². The van der Waals surface area contributed by atoms with Crippen molar-refractivity contribution >= 4 is 40.9 Å². The zero-order chi connectivity index (χ0) is 25.2. The molecule has 2 aliphatic heterocycles. The van der Waals surface area contributed by atoms with Crippen molar-refractivity contribution in [2.24, 2.45) is 0 Å². The number of fused-ring (bicyclic) bond motifs is 2. The molecular formula is C29H28N2O4S. The molecule has 3 aromatic carbocycles. The maximum absolute atomic E-state index is 13.1. The number of hydrogen-bond donors (Lipinski definition) is 0. The van der Waals surface area contributed by atoms with Crippen LogP contribution in [0.5, 0.6) is 0 Å². The van der Waals surface area contributed by atoms with Crippen molar-refractivity contribution in [2.75, 3.05) is 22.2 Å². The van der Waals surface area contributed by atoms with Crippen LogP contribution >= 0.6 is 11.8 Å². The fraction of sp³-hybridized carbons (Fsp3) is 0.276. The lowest BCUT2D eigenvalue weighted by atomic mass is 10.1. The number of carbonyl (C=O) groups excluding carboxylic acids is 3. The molecule has 2 unspecified atom stereocenters. The largest absolute Gasteiger partial charge is 0.452 e. The van der Waals surface area contributed by atoms with Crippen molar-refractivity contribution in [3.8, 4) is 0 Å². The van der Waals surface area contributed by atoms with Gasteiger partial charge >= 0.3 is 5.97 Å². The van der Waals surface area contributed by atoms with Crippen molar-refractivity contribution in [3.63, 3.8) is 0 Å². The standard InChI is InChI=1S/C29H28N2O4S/c1-19-15-21-9-3-6-12-24(21)30(19)27(32)17-35-29(34)23-11-5-8-14-26(23)36-18-28(33)31-20(2)16-22-10-4-7-13-25(22)31/h3-14,19-20H,15-18H2,1-2H3. The molecule has 2 amide bonds. The van der Waals surface area contributed by atoms with Crippen LogP contribution in [0, 0.1) is 0 Å². The number of amides is 2. The van der Waals surface area contributed by atoms with Crippen LogP contribution in [0.15, 0.2) is 77.7 Å². The minimum absolute atomic E-state index is 0.00233. The molecule has 6 nitrogen and oxygen atoms in total. The Morgan fingerprint density at radius 2 is 1.31 bits per heavy atom. The number of benzene rings is 3. The molecule has 7 heteroatoms. The second-order valence-electron chi connectivity index (χ2n) is 9.25. The second kappa shape index (κ2) is 10.2. The zero-order valence-corrected chi connectivity index (χ0v) is 21.2. The first-order valence-corrected chi connectivity index (χ1v) is 13.1. The van der Waals surface area contributed by atoms with Crippen LogP contribution in [0.4, 0.5) is 11.4 Å². The van der Waals surface area contributed by atoms with Gasteiger partial charge < -0.3 is 14.5 Å². The number of rotatable bonds is 6. The van der Waals surface area contributed by atoms with Gasteiger partial charge in [0.1, 0.15) is 0 Å². The van der Waals surface area contributed by atoms with Gasteiger partial charge in [0.15, 0.2) is 6.61 Å². The van der Waals surface area contributed by atoms with E-state index in [1.54, 1.807) is 23.1 Å². The number of ether oxygens (including phenoxy) is 1. The summed E-state index contributed by atoms with van der Waals surface area (Å²) in [6.45, 7) is 3.70. The van der Waals surface area contributed by atoms with Crippen LogP contribution in [-0.2, 0) is 27.2 Å². The van der Waals surface area contributed by atoms with Gasteiger partial charge in [-0.25, -0.2) is 4.79 Å². The Morgan fingerprint density at radius 1 is 0.778 bits per heavy atom. The molecule has 0 saturated carbocycles. The average molecular weight is 501 g/mol. The third-order valence-corrected chi connectivity index (χ3v) is 7.80. The summed E-state index contributed by atoms with van der Waals surface area (Å²) in [6.07, 6.45) is 1.62. The number of thioether (sulfide) groups is 1. The van der Waals surface area contributed by atoms with Crippen molar-refractivity contribution < 1.29 is 19.1 Å². The van der Waals surface area contributed by atoms with E-state index in [1.165, 1.54) is 17.3 Å². The van der Waals surface area contributed by atoms with Crippen LogP contribution in [0.25, 0.3) is 0 Å². The number of para-hydroxylation sites is 2. The number of esters is 1. The van der Waals surface area contributed by atoms with Gasteiger partial charge in [0, 0.05) is 28.4 Å². The zero-order valence-electron chi connectivity index (χ0n) is 20.3. The average Bonchev–Trinajstić information content (AvgIpc) is 3.40. The lowest BCUT2D eigenvalue weighted by Crippen LogP contribution is -2.38. The Morgan fingerprint density at radius 3 is 1.94 bits per heavy atom. The quantitative estimate of drug-likeness (QED) is 0.356. The fourth-order valence-electron chi connectivity index (χ4n) is 5.14. The Balaban J connectivity index is 1.22. The summed E-state index contributed by atoms with van der Waals surface area (Å²) >= 11 is 1.31. The second-order valence-corrected chi connectivity index (χ2v) is 10.3. The minimum atomic E-state index is -0.570. The third-order valence-electron chi connectivity index (χ3n) is 6.74. The summed E-state index contributed by atoms with van der Waals surface area (Å²) in [6, 6.07) is 22.9. The third kappa shape index (κ3) is 4.63. The summed E-state index contributed by atoms with van der Waals surface area (Å²) in [5.41, 5.74) is 4.48. The van der Waals surface area contributed by atoms with E-state index < -0.39 is 5.97 Å². The number of nitrogens with zero attached hydrogens (tertiary/aromatic N) is 2. The van der Waals surface area contributed by atoms with Gasteiger partial charge in [0.25, 0.3) is 5.91 Å². The maximum atomic E-state index is 13.1. The molecule has 0 aromatic heterocycles. The highest BCUT2D eigenvalue weighted by Gasteiger charge is 2.32. The van der Waals surface area contributed by atoms with Crippen LogP contribution in [0.2, 0.25) is 0 Å². The molecule has 0 N–H and O–H groups in total. The number of anilines is 2. The molecule has 5 rings (SSSR count). The summed E-state index contributed by atoms with van der Waals surface area (Å²) in [7, 11) is 0. The van der Waals surface area contributed by atoms with Crippen molar-refractivity contribution in [1.29, 1.82) is 0 Å². The van der Waals surface area contributed by atoms with Crippen LogP contribution in [0.1, 0.15) is 35.3 Å². The fourth-order valence-corrected chi connectivity index (χ4v) is 6.04. The van der Waals surface area contributed by atoms with Crippen LogP contribution in [0.3, 0.4) is 0 Å². The van der Waals surface area contributed by atoms with E-state index in [4.69, 9.17) is 4.74 Å². The molecule has 2 aliphatic rings. The molecule has 0 saturated heterocycles. The molecule has 0 aliphatic carbocycles. The molecule has 36 heavy (non-hydrogen) atoms. The van der Waals surface area contributed by atoms with Gasteiger partial charge in [0.2, 0.25) is 5.91 Å². The van der Waals surface area contributed by atoms with Gasteiger partial charge in [-0.1, -0.05) is 48.5 Å². The van der Waals surface area contributed by atoms with Crippen molar-refractivity contribution in [1.82, 2.24) is 0 Å². The molecular weight excluding hydrogens is 472 g/mol. The molecule has 0 spiro atoms. The highest BCUT2D eigenvalue weighted by atomic mass is 32.2. The molecule has 0 bridgehead atoms. The first-order chi connectivity index (χ1) is 17.4. The summed E-state index contributed by atoms with van der Waals surface area (Å²) in [5, 5.41) is 0. The van der Waals surface area contributed by atoms with Gasteiger partial charge in [-0.15, -0.1) is 11.8 Å². The molecule has 2 heterocycles. The SMILES string of the molecule is CC1Cc2ccccc2N1C(=O)COC(=O)c1ccccc1SCC(=O)N1c2ccccc2CC1C. The summed E-state index contributed by atoms with van der Waals surface area (Å²) in [5.74, 6) is -0.622. The molecule has 0 radical (unpaired) electrons. The Bertz CT molecular complexity index is 1320. The van der Waals surface area contributed by atoms with E-state index in [-0.39, 0.29) is 36.3 Å². The predicted molar refractivity (Wildman–Crippen MR) is 142 cm³/mol. The van der Waals surface area contributed by atoms with Gasteiger partial charge in [0.05, 0.1) is 11.3 Å². The van der Waals surface area contributed by atoms with E-state index in [2.05, 4.69) is 6.07 Å². The highest BCUT2D eigenvalue weighted by Crippen LogP contribution is 2.34. The van der Waals surface area contributed by atoms with E-state index in [0.717, 1.165) is 29.8 Å². The number of carbonyl (C=O) groups is 3. The summed E-state index contributed by atoms with van der Waals surface area (Å²) in [4.78, 5) is 43.2. The van der Waals surface area contributed by atoms with Crippen LogP contribution in [-0.4, -0.2) is 42.2 Å². The normalized spacial score (nSPS) is 18.1. The monoisotopic (exact) mass is 500 g/mol. The van der Waals surface area contributed by atoms with Crippen LogP contribution < -0.4 is 9.80 Å². The van der Waals surface area contributed by atoms with Crippen molar-refractivity contribution in [2.45, 2.75) is 43.7 Å². The van der Waals surface area contributed by atoms with Gasteiger partial charge in [-0.2, -0.15) is 0 Å². The minimum Gasteiger partial charge on any atom is -0.452 e. The highest BCUT2D eigenvalue weighted by molar-refractivity contribution is 8.00. The lowest BCUT2D eigenvalue weighted by Gasteiger charge is -2.23. The molecule has 2 atom stereocenters. The van der Waals surface area contributed by atoms with E-state index in [9.17, 15) is 14.4 Å². The first kappa shape index (κ1) is 24.1. The Hall–Kier alpha value is -3.58. The molecule has 184 valence electrons. The molecule has 3 aromatic rings. The Labute approximate surface area is 215 Å². The Kier molecular flexibility index (Phi) is 6.83. The van der Waals surface area contributed by atoms with E-state index >= 15 is 0 Å². The number of hydrogen-bond acceptors (Lipinski definition) is 5. The lowest BCUT2D eigenvalue weighted by molar-refractivity contribution is -0.122. The first-order valence-electron chi connectivity index (χ1n) is 12.1. The summed E-state index contributed by atoms with van der Waals surface area (Å²) < 4.78 is 5.44. The van der Waals surface area contributed by atoms with Crippen molar-refractivity contribution in [3.05, 3.63) is 89.5 Å². The predicted octanol–water partition coefficient (Wildman–Crippen LogP) is 4.89. The maximum Gasteiger partial charge on any atom is 0.339 e.